The molecule has 1 saturated heterocycles. The number of alkyl halides is 1. The molecule has 4 heteroatoms. The Bertz CT molecular complexity index is 193. The van der Waals surface area contributed by atoms with Crippen molar-refractivity contribution >= 4 is 21.8 Å². The van der Waals surface area contributed by atoms with Crippen LogP contribution in [0.2, 0.25) is 0 Å². The fourth-order valence-corrected chi connectivity index (χ4v) is 2.34. The summed E-state index contributed by atoms with van der Waals surface area (Å²) >= 11 is 3.54. The summed E-state index contributed by atoms with van der Waals surface area (Å²) in [5.74, 6) is 0.218. The molecule has 0 aromatic heterocycles. The minimum atomic E-state index is 0.0695. The summed E-state index contributed by atoms with van der Waals surface area (Å²) in [5.41, 5.74) is 0. The zero-order valence-electron chi connectivity index (χ0n) is 9.30. The van der Waals surface area contributed by atoms with E-state index in [1.165, 1.54) is 0 Å². The van der Waals surface area contributed by atoms with Crippen molar-refractivity contribution in [3.05, 3.63) is 0 Å². The lowest BCUT2D eigenvalue weighted by Crippen LogP contribution is -2.38. The second-order valence-electron chi connectivity index (χ2n) is 4.05. The van der Waals surface area contributed by atoms with Crippen LogP contribution in [-0.2, 0) is 9.53 Å². The number of carbonyl (C=O) groups excluding carboxylic acids is 1. The summed E-state index contributed by atoms with van der Waals surface area (Å²) in [7, 11) is 0. The molecule has 1 aliphatic rings. The molecule has 0 aliphatic carbocycles. The normalized spacial score (nSPS) is 23.5. The third-order valence-corrected chi connectivity index (χ3v) is 3.41. The number of halogens is 1. The van der Waals surface area contributed by atoms with Gasteiger partial charge in [0, 0.05) is 18.0 Å². The van der Waals surface area contributed by atoms with E-state index in [1.54, 1.807) is 0 Å². The van der Waals surface area contributed by atoms with Crippen LogP contribution < -0.4 is 5.32 Å². The van der Waals surface area contributed by atoms with Crippen molar-refractivity contribution in [2.24, 2.45) is 5.92 Å². The number of ether oxygens (including phenoxy) is 1. The minimum absolute atomic E-state index is 0.0695. The monoisotopic (exact) mass is 277 g/mol. The van der Waals surface area contributed by atoms with E-state index in [-0.39, 0.29) is 11.8 Å². The Morgan fingerprint density at radius 2 is 2.47 bits per heavy atom. The molecule has 1 N–H and O–H groups in total. The summed E-state index contributed by atoms with van der Waals surface area (Å²) in [6, 6.07) is 0. The van der Waals surface area contributed by atoms with Gasteiger partial charge in [0.2, 0.25) is 5.91 Å². The molecule has 0 bridgehead atoms. The minimum Gasteiger partial charge on any atom is -0.381 e. The number of rotatable bonds is 5. The molecular formula is C11H20BrNO2. The summed E-state index contributed by atoms with van der Waals surface area (Å²) in [6.07, 6.45) is 4.21. The Morgan fingerprint density at radius 1 is 1.67 bits per heavy atom. The average Bonchev–Trinajstić information content (AvgIpc) is 2.27. The van der Waals surface area contributed by atoms with Gasteiger partial charge in [-0.15, -0.1) is 0 Å². The van der Waals surface area contributed by atoms with Gasteiger partial charge in [0.05, 0.1) is 12.5 Å². The number of hydrogen-bond donors (Lipinski definition) is 1. The largest absolute Gasteiger partial charge is 0.381 e. The Kier molecular flexibility index (Phi) is 6.25. The Morgan fingerprint density at radius 3 is 3.07 bits per heavy atom. The first kappa shape index (κ1) is 13.0. The van der Waals surface area contributed by atoms with Gasteiger partial charge in [-0.2, -0.15) is 0 Å². The van der Waals surface area contributed by atoms with E-state index in [4.69, 9.17) is 4.74 Å². The first-order valence-electron chi connectivity index (χ1n) is 5.73. The molecule has 0 radical (unpaired) electrons. The van der Waals surface area contributed by atoms with Gasteiger partial charge in [0.25, 0.3) is 0 Å². The van der Waals surface area contributed by atoms with Crippen LogP contribution in [0.1, 0.15) is 32.6 Å². The maximum atomic E-state index is 11.7. The van der Waals surface area contributed by atoms with Crippen molar-refractivity contribution in [1.82, 2.24) is 5.32 Å². The Hall–Kier alpha value is -0.0900. The lowest BCUT2D eigenvalue weighted by molar-refractivity contribution is -0.128. The summed E-state index contributed by atoms with van der Waals surface area (Å²) in [4.78, 5) is 12.1. The van der Waals surface area contributed by atoms with Gasteiger partial charge in [-0.05, 0) is 19.3 Å². The Balaban J connectivity index is 2.16. The number of amides is 1. The molecule has 3 nitrogen and oxygen atoms in total. The molecule has 88 valence electrons. The average molecular weight is 278 g/mol. The second kappa shape index (κ2) is 7.23. The molecule has 1 aliphatic heterocycles. The number of hydrogen-bond acceptors (Lipinski definition) is 2. The lowest BCUT2D eigenvalue weighted by atomic mass is 10.0. The molecule has 0 saturated carbocycles. The fourth-order valence-electron chi connectivity index (χ4n) is 1.72. The molecule has 1 amide bonds. The summed E-state index contributed by atoms with van der Waals surface area (Å²) < 4.78 is 5.28. The van der Waals surface area contributed by atoms with E-state index in [1.807, 2.05) is 0 Å². The molecule has 2 atom stereocenters. The topological polar surface area (TPSA) is 38.3 Å². The zero-order chi connectivity index (χ0) is 11.1. The highest BCUT2D eigenvalue weighted by Gasteiger charge is 2.21. The van der Waals surface area contributed by atoms with E-state index in [0.29, 0.717) is 11.4 Å². The van der Waals surface area contributed by atoms with Gasteiger partial charge < -0.3 is 10.1 Å². The predicted molar refractivity (Wildman–Crippen MR) is 64.2 cm³/mol. The predicted octanol–water partition coefficient (Wildman–Crippen LogP) is 2.09. The molecule has 0 aromatic carbocycles. The molecule has 1 rings (SSSR count). The summed E-state index contributed by atoms with van der Waals surface area (Å²) in [5, 5.41) is 2.97. The Labute approximate surface area is 100 Å². The molecule has 0 aromatic rings. The highest BCUT2D eigenvalue weighted by Crippen LogP contribution is 2.14. The molecule has 1 fully saturated rings. The van der Waals surface area contributed by atoms with Crippen LogP contribution in [0.5, 0.6) is 0 Å². The van der Waals surface area contributed by atoms with Crippen LogP contribution in [-0.4, -0.2) is 30.5 Å². The number of nitrogens with one attached hydrogen (secondary N) is 1. The van der Waals surface area contributed by atoms with Crippen LogP contribution in [0.4, 0.5) is 0 Å². The van der Waals surface area contributed by atoms with Crippen LogP contribution in [0.3, 0.4) is 0 Å². The third kappa shape index (κ3) is 4.98. The molecule has 2 unspecified atom stereocenters. The van der Waals surface area contributed by atoms with Gasteiger partial charge in [0.15, 0.2) is 0 Å². The van der Waals surface area contributed by atoms with Crippen LogP contribution in [0, 0.1) is 5.92 Å². The third-order valence-electron chi connectivity index (χ3n) is 2.63. The van der Waals surface area contributed by atoms with Crippen LogP contribution >= 0.6 is 15.9 Å². The highest BCUT2D eigenvalue weighted by molar-refractivity contribution is 9.09. The standard InChI is InChI=1S/C11H20BrNO2/c1-2-4-10(12)7-13-11(14)9-5-3-6-15-8-9/h9-10H,2-8H2,1H3,(H,13,14). The van der Waals surface area contributed by atoms with E-state index in [2.05, 4.69) is 28.2 Å². The smallest absolute Gasteiger partial charge is 0.225 e. The van der Waals surface area contributed by atoms with Gasteiger partial charge in [-0.1, -0.05) is 29.3 Å². The van der Waals surface area contributed by atoms with Crippen LogP contribution in [0.25, 0.3) is 0 Å². The van der Waals surface area contributed by atoms with Crippen molar-refractivity contribution in [1.29, 1.82) is 0 Å². The molecule has 0 spiro atoms. The van der Waals surface area contributed by atoms with Crippen LogP contribution in [0.15, 0.2) is 0 Å². The van der Waals surface area contributed by atoms with E-state index in [9.17, 15) is 4.79 Å². The van der Waals surface area contributed by atoms with E-state index >= 15 is 0 Å². The molecular weight excluding hydrogens is 258 g/mol. The van der Waals surface area contributed by atoms with Crippen molar-refractivity contribution in [3.8, 4) is 0 Å². The zero-order valence-corrected chi connectivity index (χ0v) is 10.9. The first-order valence-corrected chi connectivity index (χ1v) is 6.65. The van der Waals surface area contributed by atoms with Gasteiger partial charge in [0.1, 0.15) is 0 Å². The maximum Gasteiger partial charge on any atom is 0.225 e. The van der Waals surface area contributed by atoms with Gasteiger partial charge >= 0.3 is 0 Å². The quantitative estimate of drug-likeness (QED) is 0.782. The van der Waals surface area contributed by atoms with Crippen molar-refractivity contribution in [3.63, 3.8) is 0 Å². The number of carbonyl (C=O) groups is 1. The molecule has 1 heterocycles. The first-order chi connectivity index (χ1) is 7.24. The summed E-state index contributed by atoms with van der Waals surface area (Å²) in [6.45, 7) is 4.27. The lowest BCUT2D eigenvalue weighted by Gasteiger charge is -2.21. The van der Waals surface area contributed by atoms with E-state index in [0.717, 1.165) is 38.8 Å². The van der Waals surface area contributed by atoms with E-state index < -0.39 is 0 Å². The fraction of sp³-hybridized carbons (Fsp3) is 0.909. The van der Waals surface area contributed by atoms with Crippen molar-refractivity contribution in [2.75, 3.05) is 19.8 Å². The molecule has 15 heavy (non-hydrogen) atoms. The van der Waals surface area contributed by atoms with Gasteiger partial charge in [-0.3, -0.25) is 4.79 Å². The maximum absolute atomic E-state index is 11.7. The van der Waals surface area contributed by atoms with Gasteiger partial charge in [-0.25, -0.2) is 0 Å². The van der Waals surface area contributed by atoms with Crippen molar-refractivity contribution in [2.45, 2.75) is 37.4 Å². The second-order valence-corrected chi connectivity index (χ2v) is 5.34. The van der Waals surface area contributed by atoms with Crippen molar-refractivity contribution < 1.29 is 9.53 Å². The SMILES string of the molecule is CCCC(Br)CNC(=O)C1CCCOC1. The highest BCUT2D eigenvalue weighted by atomic mass is 79.9.